The van der Waals surface area contributed by atoms with Crippen molar-refractivity contribution in [1.82, 2.24) is 14.6 Å². The first-order valence-corrected chi connectivity index (χ1v) is 12.2. The molecule has 8 nitrogen and oxygen atoms in total. The van der Waals surface area contributed by atoms with Gasteiger partial charge in [0.15, 0.2) is 0 Å². The smallest absolute Gasteiger partial charge is 0.254 e. The Kier molecular flexibility index (Phi) is 8.57. The van der Waals surface area contributed by atoms with Gasteiger partial charge in [-0.3, -0.25) is 9.69 Å². The van der Waals surface area contributed by atoms with Crippen molar-refractivity contribution in [2.45, 2.75) is 4.90 Å². The van der Waals surface area contributed by atoms with E-state index in [0.717, 1.165) is 15.8 Å². The zero-order chi connectivity index (χ0) is 23.0. The SMILES string of the molecule is COc1ccccc1/C=C/C=N\NC(=O)CN1CCN(S(=O)(=O)c2ccc(Br)cc2)CC1. The van der Waals surface area contributed by atoms with Gasteiger partial charge >= 0.3 is 0 Å². The first kappa shape index (κ1) is 24.1. The van der Waals surface area contributed by atoms with Crippen LogP contribution in [0.15, 0.2) is 69.1 Å². The second-order valence-electron chi connectivity index (χ2n) is 7.05. The molecule has 1 saturated heterocycles. The third-order valence-corrected chi connectivity index (χ3v) is 7.36. The highest BCUT2D eigenvalue weighted by Crippen LogP contribution is 2.20. The number of amides is 1. The van der Waals surface area contributed by atoms with Crippen LogP contribution in [-0.2, 0) is 14.8 Å². The third kappa shape index (κ3) is 6.49. The van der Waals surface area contributed by atoms with Gasteiger partial charge in [-0.2, -0.15) is 9.41 Å². The van der Waals surface area contributed by atoms with Crippen LogP contribution in [0.1, 0.15) is 5.56 Å². The van der Waals surface area contributed by atoms with Crippen LogP contribution in [-0.4, -0.2) is 69.6 Å². The van der Waals surface area contributed by atoms with Crippen molar-refractivity contribution in [3.05, 3.63) is 64.6 Å². The van der Waals surface area contributed by atoms with Gasteiger partial charge in [0.05, 0.1) is 18.6 Å². The van der Waals surface area contributed by atoms with Crippen molar-refractivity contribution in [2.75, 3.05) is 39.8 Å². The first-order valence-electron chi connectivity index (χ1n) is 10.00. The van der Waals surface area contributed by atoms with E-state index in [1.807, 2.05) is 35.2 Å². The van der Waals surface area contributed by atoms with Crippen LogP contribution in [0.25, 0.3) is 6.08 Å². The molecule has 1 aliphatic heterocycles. The van der Waals surface area contributed by atoms with Crippen molar-refractivity contribution in [3.63, 3.8) is 0 Å². The maximum atomic E-state index is 12.8. The summed E-state index contributed by atoms with van der Waals surface area (Å²) >= 11 is 3.31. The van der Waals surface area contributed by atoms with Crippen LogP contribution in [0.4, 0.5) is 0 Å². The van der Waals surface area contributed by atoms with E-state index in [9.17, 15) is 13.2 Å². The molecule has 2 aromatic rings. The Morgan fingerprint density at radius 2 is 1.81 bits per heavy atom. The van der Waals surface area contributed by atoms with Gasteiger partial charge < -0.3 is 4.74 Å². The molecule has 170 valence electrons. The number of allylic oxidation sites excluding steroid dienone is 1. The molecule has 32 heavy (non-hydrogen) atoms. The molecule has 0 aliphatic carbocycles. The number of para-hydroxylation sites is 1. The molecule has 0 unspecified atom stereocenters. The molecule has 0 bridgehead atoms. The normalized spacial score (nSPS) is 15.9. The summed E-state index contributed by atoms with van der Waals surface area (Å²) in [6, 6.07) is 14.2. The maximum Gasteiger partial charge on any atom is 0.254 e. The summed E-state index contributed by atoms with van der Waals surface area (Å²) < 4.78 is 33.0. The summed E-state index contributed by atoms with van der Waals surface area (Å²) in [5, 5.41) is 3.92. The molecule has 2 aromatic carbocycles. The standard InChI is InChI=1S/C22H25BrN4O4S/c1-31-21-7-3-2-5-18(21)6-4-12-24-25-22(28)17-26-13-15-27(16-14-26)32(29,30)20-10-8-19(23)9-11-20/h2-12H,13-17H2,1H3,(H,25,28)/b6-4+,24-12-. The number of hydrogen-bond acceptors (Lipinski definition) is 6. The zero-order valence-electron chi connectivity index (χ0n) is 17.6. The lowest BCUT2D eigenvalue weighted by Gasteiger charge is -2.33. The fourth-order valence-corrected chi connectivity index (χ4v) is 4.91. The molecule has 10 heteroatoms. The summed E-state index contributed by atoms with van der Waals surface area (Å²) in [6.45, 7) is 1.76. The van der Waals surface area contributed by atoms with Crippen molar-refractivity contribution in [2.24, 2.45) is 5.10 Å². The number of benzene rings is 2. The molecule has 0 radical (unpaired) electrons. The Labute approximate surface area is 196 Å². The largest absolute Gasteiger partial charge is 0.496 e. The number of carbonyl (C=O) groups excluding carboxylic acids is 1. The summed E-state index contributed by atoms with van der Waals surface area (Å²) in [5.74, 6) is 0.499. The molecule has 0 aromatic heterocycles. The lowest BCUT2D eigenvalue weighted by atomic mass is 10.2. The van der Waals surface area contributed by atoms with E-state index in [1.165, 1.54) is 10.5 Å². The highest BCUT2D eigenvalue weighted by molar-refractivity contribution is 9.10. The fraction of sp³-hybridized carbons (Fsp3) is 0.273. The number of nitrogens with zero attached hydrogens (tertiary/aromatic N) is 3. The topological polar surface area (TPSA) is 91.3 Å². The van der Waals surface area contributed by atoms with Gasteiger partial charge in [-0.05, 0) is 42.5 Å². The second kappa shape index (κ2) is 11.4. The Morgan fingerprint density at radius 1 is 1.12 bits per heavy atom. The molecule has 0 saturated carbocycles. The van der Waals surface area contributed by atoms with Crippen LogP contribution in [0, 0.1) is 0 Å². The number of methoxy groups -OCH3 is 1. The van der Waals surface area contributed by atoms with Gasteiger partial charge in [-0.25, -0.2) is 13.8 Å². The van der Waals surface area contributed by atoms with E-state index in [4.69, 9.17) is 4.74 Å². The lowest BCUT2D eigenvalue weighted by molar-refractivity contribution is -0.122. The van der Waals surface area contributed by atoms with Crippen molar-refractivity contribution in [1.29, 1.82) is 0 Å². The molecule has 1 heterocycles. The van der Waals surface area contributed by atoms with Gasteiger partial charge in [0.2, 0.25) is 10.0 Å². The molecule has 1 aliphatic rings. The number of sulfonamides is 1. The maximum absolute atomic E-state index is 12.8. The van der Waals surface area contributed by atoms with Crippen LogP contribution in [0.5, 0.6) is 5.75 Å². The van der Waals surface area contributed by atoms with E-state index in [2.05, 4.69) is 26.5 Å². The van der Waals surface area contributed by atoms with Gasteiger partial charge in [0.1, 0.15) is 5.75 Å². The average Bonchev–Trinajstić information content (AvgIpc) is 2.80. The van der Waals surface area contributed by atoms with Gasteiger partial charge in [-0.1, -0.05) is 34.1 Å². The molecule has 0 atom stereocenters. The molecule has 3 rings (SSSR count). The Bertz CT molecular complexity index is 1080. The molecule has 1 N–H and O–H groups in total. The van der Waals surface area contributed by atoms with E-state index in [1.54, 1.807) is 37.5 Å². The van der Waals surface area contributed by atoms with Crippen LogP contribution in [0.3, 0.4) is 0 Å². The minimum absolute atomic E-state index is 0.153. The zero-order valence-corrected chi connectivity index (χ0v) is 20.0. The average molecular weight is 521 g/mol. The first-order chi connectivity index (χ1) is 15.4. The fourth-order valence-electron chi connectivity index (χ4n) is 3.23. The number of hydrazone groups is 1. The van der Waals surface area contributed by atoms with E-state index in [0.29, 0.717) is 26.2 Å². The molecular formula is C22H25BrN4O4S. The van der Waals surface area contributed by atoms with Gasteiger partial charge in [0, 0.05) is 42.4 Å². The summed E-state index contributed by atoms with van der Waals surface area (Å²) in [7, 11) is -1.93. The predicted molar refractivity (Wildman–Crippen MR) is 128 cm³/mol. The number of hydrogen-bond donors (Lipinski definition) is 1. The number of piperazine rings is 1. The van der Waals surface area contributed by atoms with Crippen molar-refractivity contribution >= 4 is 44.2 Å². The lowest BCUT2D eigenvalue weighted by Crippen LogP contribution is -2.50. The highest BCUT2D eigenvalue weighted by Gasteiger charge is 2.28. The Balaban J connectivity index is 1.44. The highest BCUT2D eigenvalue weighted by atomic mass is 79.9. The number of carbonyl (C=O) groups is 1. The van der Waals surface area contributed by atoms with Crippen molar-refractivity contribution in [3.8, 4) is 5.75 Å². The minimum Gasteiger partial charge on any atom is -0.496 e. The van der Waals surface area contributed by atoms with Gasteiger partial charge in [0.25, 0.3) is 5.91 Å². The van der Waals surface area contributed by atoms with E-state index in [-0.39, 0.29) is 17.3 Å². The summed E-state index contributed by atoms with van der Waals surface area (Å²) in [4.78, 5) is 14.3. The third-order valence-electron chi connectivity index (χ3n) is 4.91. The summed E-state index contributed by atoms with van der Waals surface area (Å²) in [6.07, 6.45) is 5.04. The molecule has 0 spiro atoms. The minimum atomic E-state index is -3.53. The number of halogens is 1. The van der Waals surface area contributed by atoms with Gasteiger partial charge in [-0.15, -0.1) is 0 Å². The Hall–Kier alpha value is -2.53. The number of ether oxygens (including phenoxy) is 1. The van der Waals surface area contributed by atoms with E-state index < -0.39 is 10.0 Å². The quantitative estimate of drug-likeness (QED) is 0.426. The number of nitrogens with one attached hydrogen (secondary N) is 1. The predicted octanol–water partition coefficient (Wildman–Crippen LogP) is 2.58. The van der Waals surface area contributed by atoms with E-state index >= 15 is 0 Å². The van der Waals surface area contributed by atoms with Crippen LogP contribution in [0.2, 0.25) is 0 Å². The number of rotatable bonds is 8. The Morgan fingerprint density at radius 3 is 2.50 bits per heavy atom. The molecular weight excluding hydrogens is 496 g/mol. The van der Waals surface area contributed by atoms with Crippen LogP contribution < -0.4 is 10.2 Å². The monoisotopic (exact) mass is 520 g/mol. The second-order valence-corrected chi connectivity index (χ2v) is 9.90. The van der Waals surface area contributed by atoms with Crippen molar-refractivity contribution < 1.29 is 17.9 Å². The van der Waals surface area contributed by atoms with Crippen LogP contribution >= 0.6 is 15.9 Å². The molecule has 1 fully saturated rings. The summed E-state index contributed by atoms with van der Waals surface area (Å²) in [5.41, 5.74) is 3.39. The molecule has 1 amide bonds.